The molecular formula is C51H35N3O. The van der Waals surface area contributed by atoms with Gasteiger partial charge >= 0.3 is 0 Å². The summed E-state index contributed by atoms with van der Waals surface area (Å²) in [6, 6.07) is 67.1. The summed E-state index contributed by atoms with van der Waals surface area (Å²) in [6.45, 7) is 0. The van der Waals surface area contributed by atoms with Gasteiger partial charge in [0, 0.05) is 21.9 Å². The van der Waals surface area contributed by atoms with E-state index in [1.54, 1.807) is 0 Å². The van der Waals surface area contributed by atoms with Crippen LogP contribution < -0.4 is 10.6 Å². The molecule has 0 spiro atoms. The van der Waals surface area contributed by atoms with E-state index < -0.39 is 0 Å². The van der Waals surface area contributed by atoms with E-state index in [2.05, 4.69) is 193 Å². The SMILES string of the molecule is c1ccc(-c2ccc3ccc(C4N=C(c5ccc6ccccc6c5)NC(c5cc(-c6ccc7ccccc7c6)cc6oc7ccccc7c56)N4)cc3c2)cc1. The molecule has 2 heterocycles. The van der Waals surface area contributed by atoms with Crippen molar-refractivity contribution in [1.82, 2.24) is 10.6 Å². The van der Waals surface area contributed by atoms with Gasteiger partial charge in [-0.2, -0.15) is 0 Å². The van der Waals surface area contributed by atoms with E-state index in [4.69, 9.17) is 9.41 Å². The third-order valence-electron chi connectivity index (χ3n) is 11.1. The average Bonchev–Trinajstić information content (AvgIpc) is 3.64. The first-order valence-electron chi connectivity index (χ1n) is 18.8. The van der Waals surface area contributed by atoms with Crippen LogP contribution in [-0.4, -0.2) is 5.84 Å². The Bertz CT molecular complexity index is 3120. The van der Waals surface area contributed by atoms with Crippen molar-refractivity contribution in [3.63, 3.8) is 0 Å². The number of nitrogens with one attached hydrogen (secondary N) is 2. The Morgan fingerprint density at radius 3 is 1.80 bits per heavy atom. The third kappa shape index (κ3) is 5.63. The lowest BCUT2D eigenvalue weighted by Crippen LogP contribution is -2.45. The summed E-state index contributed by atoms with van der Waals surface area (Å²) in [5, 5.41) is 17.2. The second kappa shape index (κ2) is 12.8. The van der Waals surface area contributed by atoms with Gasteiger partial charge in [-0.05, 0) is 103 Å². The van der Waals surface area contributed by atoms with Crippen LogP contribution in [0.25, 0.3) is 76.5 Å². The van der Waals surface area contributed by atoms with Gasteiger partial charge in [-0.25, -0.2) is 4.99 Å². The highest BCUT2D eigenvalue weighted by atomic mass is 16.3. The van der Waals surface area contributed by atoms with Gasteiger partial charge in [-0.3, -0.25) is 5.32 Å². The molecule has 11 rings (SSSR count). The number of hydrogen-bond donors (Lipinski definition) is 2. The van der Waals surface area contributed by atoms with E-state index in [0.717, 1.165) is 55.6 Å². The molecule has 0 radical (unpaired) electrons. The molecule has 2 unspecified atom stereocenters. The van der Waals surface area contributed by atoms with Gasteiger partial charge in [0.05, 0.1) is 0 Å². The summed E-state index contributed by atoms with van der Waals surface area (Å²) >= 11 is 0. The Morgan fingerprint density at radius 2 is 1.02 bits per heavy atom. The zero-order chi connectivity index (χ0) is 36.3. The Hall–Kier alpha value is -7.01. The van der Waals surface area contributed by atoms with Gasteiger partial charge < -0.3 is 9.73 Å². The number of aliphatic imine (C=N–C) groups is 1. The summed E-state index contributed by atoms with van der Waals surface area (Å²) in [6.07, 6.45) is -0.616. The Balaban J connectivity index is 1.09. The monoisotopic (exact) mass is 705 g/mol. The van der Waals surface area contributed by atoms with Crippen molar-refractivity contribution in [2.24, 2.45) is 4.99 Å². The van der Waals surface area contributed by atoms with Crippen LogP contribution in [0.5, 0.6) is 0 Å². The van der Waals surface area contributed by atoms with Gasteiger partial charge in [0.15, 0.2) is 0 Å². The zero-order valence-corrected chi connectivity index (χ0v) is 29.9. The Labute approximate surface area is 318 Å². The summed E-state index contributed by atoms with van der Waals surface area (Å²) in [5.74, 6) is 0.842. The lowest BCUT2D eigenvalue weighted by atomic mass is 9.94. The maximum atomic E-state index is 6.61. The molecule has 4 heteroatoms. The van der Waals surface area contributed by atoms with Crippen LogP contribution in [0.3, 0.4) is 0 Å². The van der Waals surface area contributed by atoms with Crippen LogP contribution in [0.1, 0.15) is 29.0 Å². The average molecular weight is 706 g/mol. The van der Waals surface area contributed by atoms with Gasteiger partial charge in [0.1, 0.15) is 29.3 Å². The normalized spacial score (nSPS) is 15.8. The smallest absolute Gasteiger partial charge is 0.136 e. The first-order valence-corrected chi connectivity index (χ1v) is 18.8. The molecule has 1 aliphatic heterocycles. The largest absolute Gasteiger partial charge is 0.456 e. The van der Waals surface area contributed by atoms with Crippen LogP contribution in [0.4, 0.5) is 0 Å². The summed E-state index contributed by atoms with van der Waals surface area (Å²) in [5.41, 5.74) is 9.61. The number of fused-ring (bicyclic) bond motifs is 6. The van der Waals surface area contributed by atoms with Crippen LogP contribution in [0, 0.1) is 0 Å². The molecule has 9 aromatic carbocycles. The zero-order valence-electron chi connectivity index (χ0n) is 29.9. The number of benzene rings is 9. The minimum absolute atomic E-state index is 0.292. The lowest BCUT2D eigenvalue weighted by molar-refractivity contribution is 0.411. The van der Waals surface area contributed by atoms with Gasteiger partial charge in [0.2, 0.25) is 0 Å². The number of hydrogen-bond acceptors (Lipinski definition) is 4. The standard InChI is InChI=1S/C51H35N3O/c1-2-10-32(11-3-1)38-22-19-35-21-25-41(29-42(35)28-38)50-52-49(40-24-20-34-13-5-7-15-37(34)27-40)53-51(54-50)45-30-43(39-23-18-33-12-4-6-14-36(33)26-39)31-47-48(45)44-16-8-9-17-46(44)55-47/h1-31,50-51,54H,(H,52,53). The van der Waals surface area contributed by atoms with Crippen molar-refractivity contribution in [2.75, 3.05) is 0 Å². The van der Waals surface area contributed by atoms with Crippen molar-refractivity contribution < 1.29 is 4.42 Å². The first kappa shape index (κ1) is 31.5. The Kier molecular flexibility index (Phi) is 7.35. The summed E-state index contributed by atoms with van der Waals surface area (Å²) < 4.78 is 6.61. The summed E-state index contributed by atoms with van der Waals surface area (Å²) in [7, 11) is 0. The molecule has 0 bridgehead atoms. The quantitative estimate of drug-likeness (QED) is 0.187. The molecule has 55 heavy (non-hydrogen) atoms. The third-order valence-corrected chi connectivity index (χ3v) is 11.1. The molecule has 1 aromatic heterocycles. The minimum atomic E-state index is -0.324. The van der Waals surface area contributed by atoms with Crippen LogP contribution in [-0.2, 0) is 0 Å². The number of para-hydroxylation sites is 1. The van der Waals surface area contributed by atoms with Gasteiger partial charge in [-0.15, -0.1) is 0 Å². The predicted molar refractivity (Wildman–Crippen MR) is 228 cm³/mol. The number of furan rings is 1. The van der Waals surface area contributed by atoms with Gasteiger partial charge in [-0.1, -0.05) is 146 Å². The molecular weight excluding hydrogens is 671 g/mol. The highest BCUT2D eigenvalue weighted by Gasteiger charge is 2.29. The highest BCUT2D eigenvalue weighted by molar-refractivity contribution is 6.09. The molecule has 1 aliphatic rings. The molecule has 0 fully saturated rings. The fourth-order valence-corrected chi connectivity index (χ4v) is 8.27. The van der Waals surface area contributed by atoms with Crippen molar-refractivity contribution >= 4 is 60.1 Å². The molecule has 0 saturated carbocycles. The fourth-order valence-electron chi connectivity index (χ4n) is 8.27. The second-order valence-electron chi connectivity index (χ2n) is 14.5. The highest BCUT2D eigenvalue weighted by Crippen LogP contribution is 2.40. The lowest BCUT2D eigenvalue weighted by Gasteiger charge is -2.33. The second-order valence-corrected chi connectivity index (χ2v) is 14.5. The van der Waals surface area contributed by atoms with Crippen molar-refractivity contribution in [1.29, 1.82) is 0 Å². The molecule has 0 saturated heterocycles. The minimum Gasteiger partial charge on any atom is -0.456 e. The molecule has 0 amide bonds. The topological polar surface area (TPSA) is 49.6 Å². The van der Waals surface area contributed by atoms with E-state index in [0.29, 0.717) is 0 Å². The maximum absolute atomic E-state index is 6.61. The van der Waals surface area contributed by atoms with Crippen LogP contribution in [0.15, 0.2) is 197 Å². The summed E-state index contributed by atoms with van der Waals surface area (Å²) in [4.78, 5) is 5.41. The molecule has 0 aliphatic carbocycles. The van der Waals surface area contributed by atoms with E-state index in [1.807, 2.05) is 6.07 Å². The van der Waals surface area contributed by atoms with E-state index >= 15 is 0 Å². The van der Waals surface area contributed by atoms with Crippen molar-refractivity contribution in [3.8, 4) is 22.3 Å². The van der Waals surface area contributed by atoms with Gasteiger partial charge in [0.25, 0.3) is 0 Å². The molecule has 4 nitrogen and oxygen atoms in total. The van der Waals surface area contributed by atoms with Crippen LogP contribution >= 0.6 is 0 Å². The van der Waals surface area contributed by atoms with Crippen molar-refractivity contribution in [3.05, 3.63) is 205 Å². The molecule has 2 atom stereocenters. The molecule has 260 valence electrons. The Morgan fingerprint density at radius 1 is 0.418 bits per heavy atom. The molecule has 2 N–H and O–H groups in total. The number of rotatable bonds is 5. The van der Waals surface area contributed by atoms with Crippen LogP contribution in [0.2, 0.25) is 0 Å². The number of amidine groups is 1. The number of nitrogens with zero attached hydrogens (tertiary/aromatic N) is 1. The first-order chi connectivity index (χ1) is 27.2. The van der Waals surface area contributed by atoms with E-state index in [-0.39, 0.29) is 12.3 Å². The predicted octanol–water partition coefficient (Wildman–Crippen LogP) is 12.7. The fraction of sp³-hybridized carbons (Fsp3) is 0.0392. The van der Waals surface area contributed by atoms with E-state index in [1.165, 1.54) is 43.4 Å². The maximum Gasteiger partial charge on any atom is 0.136 e. The molecule has 10 aromatic rings. The van der Waals surface area contributed by atoms with Crippen molar-refractivity contribution in [2.45, 2.75) is 12.3 Å². The van der Waals surface area contributed by atoms with E-state index in [9.17, 15) is 0 Å².